The molecule has 0 spiro atoms. The van der Waals surface area contributed by atoms with Gasteiger partial charge in [0.25, 0.3) is 0 Å². The summed E-state index contributed by atoms with van der Waals surface area (Å²) < 4.78 is 0. The highest BCUT2D eigenvalue weighted by atomic mass is 32.4. The molecule has 3 heteroatoms. The zero-order valence-corrected chi connectivity index (χ0v) is 14.6. The average Bonchev–Trinajstić information content (AvgIpc) is 2.33. The monoisotopic (exact) mass is 293 g/mol. The standard InChI is InChI=1S/C16H27NSSi/c1-15-8-10-16(11-9-15)14-17-12-6-5-7-13-18-19(2,3)4/h8-11,14H,5-7,12-13H2,1-4H3. The predicted octanol–water partition coefficient (Wildman–Crippen LogP) is 5.15. The lowest BCUT2D eigenvalue weighted by Gasteiger charge is -2.14. The molecule has 1 aromatic carbocycles. The second-order valence-corrected chi connectivity index (χ2v) is 15.4. The summed E-state index contributed by atoms with van der Waals surface area (Å²) in [6.45, 7) is 10.3. The molecular weight excluding hydrogens is 266 g/mol. The molecule has 0 bridgehead atoms. The van der Waals surface area contributed by atoms with Crippen LogP contribution in [-0.4, -0.2) is 25.7 Å². The molecule has 0 aliphatic carbocycles. The fraction of sp³-hybridized carbons (Fsp3) is 0.562. The lowest BCUT2D eigenvalue weighted by atomic mass is 10.2. The number of aryl methyl sites for hydroxylation is 1. The Morgan fingerprint density at radius 2 is 1.74 bits per heavy atom. The number of benzene rings is 1. The van der Waals surface area contributed by atoms with Crippen molar-refractivity contribution in [1.82, 2.24) is 0 Å². The van der Waals surface area contributed by atoms with Gasteiger partial charge in [0.2, 0.25) is 0 Å². The van der Waals surface area contributed by atoms with Crippen LogP contribution in [0.1, 0.15) is 30.4 Å². The number of unbranched alkanes of at least 4 members (excludes halogenated alkanes) is 2. The Labute approximate surface area is 123 Å². The molecule has 0 saturated heterocycles. The Balaban J connectivity index is 2.06. The maximum Gasteiger partial charge on any atom is 0.108 e. The van der Waals surface area contributed by atoms with E-state index in [9.17, 15) is 0 Å². The zero-order valence-electron chi connectivity index (χ0n) is 12.8. The molecule has 0 unspecified atom stereocenters. The van der Waals surface area contributed by atoms with E-state index in [1.54, 1.807) is 0 Å². The molecule has 0 aromatic heterocycles. The van der Waals surface area contributed by atoms with E-state index in [1.807, 2.05) is 6.21 Å². The van der Waals surface area contributed by atoms with Crippen molar-refractivity contribution in [2.75, 3.05) is 12.3 Å². The smallest absolute Gasteiger partial charge is 0.108 e. The van der Waals surface area contributed by atoms with E-state index in [2.05, 4.69) is 67.0 Å². The molecule has 1 aromatic rings. The van der Waals surface area contributed by atoms with Gasteiger partial charge >= 0.3 is 0 Å². The molecule has 0 atom stereocenters. The van der Waals surface area contributed by atoms with Gasteiger partial charge in [-0.15, -0.1) is 0 Å². The summed E-state index contributed by atoms with van der Waals surface area (Å²) in [4.78, 5) is 4.49. The summed E-state index contributed by atoms with van der Waals surface area (Å²) in [6.07, 6.45) is 5.86. The Morgan fingerprint density at radius 1 is 1.05 bits per heavy atom. The first-order valence-corrected chi connectivity index (χ1v) is 12.4. The number of hydrogen-bond donors (Lipinski definition) is 0. The van der Waals surface area contributed by atoms with Gasteiger partial charge in [-0.2, -0.15) is 11.2 Å². The Kier molecular flexibility index (Phi) is 7.47. The van der Waals surface area contributed by atoms with E-state index < -0.39 is 7.22 Å². The lowest BCUT2D eigenvalue weighted by Crippen LogP contribution is -2.14. The molecule has 0 aliphatic rings. The SMILES string of the molecule is Cc1ccc(C=NCCCCCS[Si](C)(C)C)cc1. The van der Waals surface area contributed by atoms with Crippen LogP contribution in [0.4, 0.5) is 0 Å². The molecule has 19 heavy (non-hydrogen) atoms. The van der Waals surface area contributed by atoms with Crippen molar-refractivity contribution in [1.29, 1.82) is 0 Å². The van der Waals surface area contributed by atoms with Gasteiger partial charge in [-0.1, -0.05) is 55.9 Å². The van der Waals surface area contributed by atoms with Crippen LogP contribution >= 0.6 is 11.2 Å². The fourth-order valence-electron chi connectivity index (χ4n) is 1.68. The van der Waals surface area contributed by atoms with Crippen molar-refractivity contribution < 1.29 is 0 Å². The van der Waals surface area contributed by atoms with Gasteiger partial charge in [-0.3, -0.25) is 4.99 Å². The summed E-state index contributed by atoms with van der Waals surface area (Å²) in [5.41, 5.74) is 2.51. The minimum atomic E-state index is -0.894. The van der Waals surface area contributed by atoms with E-state index in [0.29, 0.717) is 0 Å². The molecule has 0 radical (unpaired) electrons. The Morgan fingerprint density at radius 3 is 2.37 bits per heavy atom. The fourth-order valence-corrected chi connectivity index (χ4v) is 4.91. The first-order chi connectivity index (χ1) is 8.97. The first-order valence-electron chi connectivity index (χ1n) is 7.18. The van der Waals surface area contributed by atoms with E-state index in [0.717, 1.165) is 6.54 Å². The third-order valence-electron chi connectivity index (χ3n) is 2.78. The van der Waals surface area contributed by atoms with Crippen LogP contribution in [-0.2, 0) is 0 Å². The van der Waals surface area contributed by atoms with Gasteiger partial charge < -0.3 is 0 Å². The molecule has 0 heterocycles. The molecular formula is C16H27NSSi. The highest BCUT2D eigenvalue weighted by molar-refractivity contribution is 8.28. The molecule has 0 amide bonds. The van der Waals surface area contributed by atoms with E-state index >= 15 is 0 Å². The molecule has 0 N–H and O–H groups in total. The van der Waals surface area contributed by atoms with Crippen LogP contribution in [0.2, 0.25) is 19.6 Å². The van der Waals surface area contributed by atoms with Crippen molar-refractivity contribution in [3.63, 3.8) is 0 Å². The molecule has 0 saturated carbocycles. The Bertz CT molecular complexity index is 379. The molecule has 0 fully saturated rings. The predicted molar refractivity (Wildman–Crippen MR) is 93.3 cm³/mol. The van der Waals surface area contributed by atoms with Crippen LogP contribution < -0.4 is 0 Å². The average molecular weight is 294 g/mol. The van der Waals surface area contributed by atoms with Crippen molar-refractivity contribution in [2.24, 2.45) is 4.99 Å². The number of hydrogen-bond acceptors (Lipinski definition) is 2. The summed E-state index contributed by atoms with van der Waals surface area (Å²) in [5, 5.41) is 0. The second-order valence-electron chi connectivity index (χ2n) is 5.97. The van der Waals surface area contributed by atoms with Crippen molar-refractivity contribution in [3.05, 3.63) is 35.4 Å². The summed E-state index contributed by atoms with van der Waals surface area (Å²) in [5.74, 6) is 1.33. The largest absolute Gasteiger partial charge is 0.293 e. The van der Waals surface area contributed by atoms with Gasteiger partial charge in [0, 0.05) is 12.8 Å². The molecule has 106 valence electrons. The minimum Gasteiger partial charge on any atom is -0.293 e. The Hall–Kier alpha value is -0.543. The van der Waals surface area contributed by atoms with Crippen molar-refractivity contribution in [2.45, 2.75) is 45.8 Å². The van der Waals surface area contributed by atoms with Crippen LogP contribution in [0.15, 0.2) is 29.3 Å². The van der Waals surface area contributed by atoms with E-state index in [1.165, 1.54) is 36.1 Å². The highest BCUT2D eigenvalue weighted by Gasteiger charge is 2.12. The third kappa shape index (κ3) is 9.06. The number of nitrogens with zero attached hydrogens (tertiary/aromatic N) is 1. The number of rotatable bonds is 8. The minimum absolute atomic E-state index is 0.894. The van der Waals surface area contributed by atoms with Gasteiger partial charge in [-0.05, 0) is 31.1 Å². The lowest BCUT2D eigenvalue weighted by molar-refractivity contribution is 0.735. The normalized spacial score (nSPS) is 12.2. The van der Waals surface area contributed by atoms with E-state index in [4.69, 9.17) is 0 Å². The first kappa shape index (κ1) is 16.5. The van der Waals surface area contributed by atoms with Crippen LogP contribution in [0.5, 0.6) is 0 Å². The third-order valence-corrected chi connectivity index (χ3v) is 7.35. The molecule has 0 aliphatic heterocycles. The maximum atomic E-state index is 4.49. The summed E-state index contributed by atoms with van der Waals surface area (Å²) in [7, 11) is -0.894. The van der Waals surface area contributed by atoms with Gasteiger partial charge in [-0.25, -0.2) is 0 Å². The van der Waals surface area contributed by atoms with Gasteiger partial charge in [0.15, 0.2) is 0 Å². The van der Waals surface area contributed by atoms with Crippen molar-refractivity contribution >= 4 is 24.6 Å². The molecule has 1 nitrogen and oxygen atoms in total. The second kappa shape index (κ2) is 8.59. The van der Waals surface area contributed by atoms with E-state index in [-0.39, 0.29) is 0 Å². The highest BCUT2D eigenvalue weighted by Crippen LogP contribution is 2.20. The van der Waals surface area contributed by atoms with Crippen LogP contribution in [0.25, 0.3) is 0 Å². The summed E-state index contributed by atoms with van der Waals surface area (Å²) in [6, 6.07) is 8.52. The quantitative estimate of drug-likeness (QED) is 0.367. The van der Waals surface area contributed by atoms with Gasteiger partial charge in [0.1, 0.15) is 7.22 Å². The number of aliphatic imine (C=N–C) groups is 1. The topological polar surface area (TPSA) is 12.4 Å². The van der Waals surface area contributed by atoms with Crippen LogP contribution in [0, 0.1) is 6.92 Å². The summed E-state index contributed by atoms with van der Waals surface area (Å²) >= 11 is 2.20. The van der Waals surface area contributed by atoms with Gasteiger partial charge in [0.05, 0.1) is 0 Å². The maximum absolute atomic E-state index is 4.49. The van der Waals surface area contributed by atoms with Crippen molar-refractivity contribution in [3.8, 4) is 0 Å². The van der Waals surface area contributed by atoms with Crippen LogP contribution in [0.3, 0.4) is 0 Å². The molecule has 1 rings (SSSR count). The zero-order chi connectivity index (χ0) is 14.1.